The Kier molecular flexibility index (Phi) is 4.28. The van der Waals surface area contributed by atoms with Crippen LogP contribution in [0.25, 0.3) is 0 Å². The van der Waals surface area contributed by atoms with E-state index in [1.807, 2.05) is 12.1 Å². The summed E-state index contributed by atoms with van der Waals surface area (Å²) >= 11 is 0. The molecule has 105 valence electrons. The maximum absolute atomic E-state index is 7.13. The molecule has 0 bridgehead atoms. The van der Waals surface area contributed by atoms with Crippen molar-refractivity contribution in [2.75, 3.05) is 31.1 Å². The Balaban J connectivity index is 1.56. The molecule has 0 aliphatic carbocycles. The first-order valence-corrected chi connectivity index (χ1v) is 7.88. The SMILES string of the molecule is [C]#Cc1ccc(N2CCC(N3CCCCC3)CC2)cc1. The van der Waals surface area contributed by atoms with Gasteiger partial charge in [-0.15, -0.1) is 0 Å². The van der Waals surface area contributed by atoms with Gasteiger partial charge in [-0.25, -0.2) is 0 Å². The maximum atomic E-state index is 7.13. The first kappa shape index (κ1) is 13.5. The molecular weight excluding hydrogens is 244 g/mol. The Morgan fingerprint density at radius 1 is 0.900 bits per heavy atom. The summed E-state index contributed by atoms with van der Waals surface area (Å²) in [4.78, 5) is 5.20. The van der Waals surface area contributed by atoms with E-state index in [0.29, 0.717) is 0 Å². The summed E-state index contributed by atoms with van der Waals surface area (Å²) in [7, 11) is 0. The van der Waals surface area contributed by atoms with Crippen molar-refractivity contribution in [3.63, 3.8) is 0 Å². The highest BCUT2D eigenvalue weighted by atomic mass is 15.2. The molecule has 2 aliphatic heterocycles. The van der Waals surface area contributed by atoms with Gasteiger partial charge in [0.1, 0.15) is 0 Å². The molecule has 3 rings (SSSR count). The van der Waals surface area contributed by atoms with Crippen LogP contribution < -0.4 is 4.90 Å². The summed E-state index contributed by atoms with van der Waals surface area (Å²) in [5.74, 6) is 2.43. The molecule has 2 aliphatic rings. The van der Waals surface area contributed by atoms with Crippen molar-refractivity contribution in [3.8, 4) is 5.92 Å². The van der Waals surface area contributed by atoms with Crippen LogP contribution in [-0.2, 0) is 0 Å². The van der Waals surface area contributed by atoms with E-state index in [2.05, 4.69) is 27.9 Å². The first-order valence-electron chi connectivity index (χ1n) is 7.88. The highest BCUT2D eigenvalue weighted by Crippen LogP contribution is 2.24. The van der Waals surface area contributed by atoms with Crippen molar-refractivity contribution in [2.45, 2.75) is 38.1 Å². The molecule has 0 spiro atoms. The lowest BCUT2D eigenvalue weighted by Crippen LogP contribution is -2.46. The number of nitrogens with zero attached hydrogens (tertiary/aromatic N) is 2. The van der Waals surface area contributed by atoms with Gasteiger partial charge in [-0.05, 0) is 69.5 Å². The smallest absolute Gasteiger partial charge is 0.0367 e. The number of hydrogen-bond donors (Lipinski definition) is 0. The van der Waals surface area contributed by atoms with E-state index in [0.717, 1.165) is 24.7 Å². The first-order chi connectivity index (χ1) is 9.86. The van der Waals surface area contributed by atoms with Gasteiger partial charge < -0.3 is 9.80 Å². The standard InChI is InChI=1S/C18H23N2/c1-2-16-6-8-17(9-7-16)20-14-10-18(11-15-20)19-12-4-3-5-13-19/h6-9,18H,3-5,10-15H2. The Morgan fingerprint density at radius 3 is 2.15 bits per heavy atom. The molecule has 2 heterocycles. The zero-order chi connectivity index (χ0) is 13.8. The van der Waals surface area contributed by atoms with Crippen molar-refractivity contribution in [3.05, 3.63) is 36.3 Å². The van der Waals surface area contributed by atoms with Crippen LogP contribution in [0.5, 0.6) is 0 Å². The van der Waals surface area contributed by atoms with Crippen molar-refractivity contribution >= 4 is 5.69 Å². The van der Waals surface area contributed by atoms with Crippen molar-refractivity contribution < 1.29 is 0 Å². The molecule has 0 atom stereocenters. The van der Waals surface area contributed by atoms with E-state index in [9.17, 15) is 0 Å². The fraction of sp³-hybridized carbons (Fsp3) is 0.556. The molecule has 0 amide bonds. The monoisotopic (exact) mass is 267 g/mol. The van der Waals surface area contributed by atoms with Crippen LogP contribution in [0.3, 0.4) is 0 Å². The molecule has 2 heteroatoms. The van der Waals surface area contributed by atoms with Crippen LogP contribution in [-0.4, -0.2) is 37.1 Å². The highest BCUT2D eigenvalue weighted by molar-refractivity contribution is 5.50. The minimum atomic E-state index is 0.806. The lowest BCUT2D eigenvalue weighted by molar-refractivity contribution is 0.141. The van der Waals surface area contributed by atoms with E-state index in [4.69, 9.17) is 6.42 Å². The summed E-state index contributed by atoms with van der Waals surface area (Å²) < 4.78 is 0. The molecule has 20 heavy (non-hydrogen) atoms. The second kappa shape index (κ2) is 6.33. The predicted molar refractivity (Wildman–Crippen MR) is 83.3 cm³/mol. The molecular formula is C18H23N2. The maximum Gasteiger partial charge on any atom is 0.0367 e. The molecule has 2 nitrogen and oxygen atoms in total. The number of benzene rings is 1. The van der Waals surface area contributed by atoms with Crippen LogP contribution >= 0.6 is 0 Å². The second-order valence-corrected chi connectivity index (χ2v) is 5.99. The van der Waals surface area contributed by atoms with E-state index in [1.54, 1.807) is 0 Å². The molecule has 1 radical (unpaired) electrons. The van der Waals surface area contributed by atoms with Crippen LogP contribution in [0.4, 0.5) is 5.69 Å². The Hall–Kier alpha value is -1.46. The summed E-state index contributed by atoms with van der Waals surface area (Å²) in [6.07, 6.45) is 13.9. The summed E-state index contributed by atoms with van der Waals surface area (Å²) in [6.45, 7) is 4.95. The fourth-order valence-electron chi connectivity index (χ4n) is 3.53. The van der Waals surface area contributed by atoms with Gasteiger partial charge in [0.25, 0.3) is 0 Å². The van der Waals surface area contributed by atoms with Gasteiger partial charge in [-0.1, -0.05) is 12.3 Å². The van der Waals surface area contributed by atoms with Crippen LogP contribution in [0.2, 0.25) is 0 Å². The van der Waals surface area contributed by atoms with Gasteiger partial charge in [0.2, 0.25) is 0 Å². The van der Waals surface area contributed by atoms with E-state index >= 15 is 0 Å². The molecule has 1 aromatic rings. The molecule has 0 saturated carbocycles. The molecule has 2 fully saturated rings. The Labute approximate surface area is 122 Å². The van der Waals surface area contributed by atoms with Gasteiger partial charge in [0.05, 0.1) is 0 Å². The average Bonchev–Trinajstić information content (AvgIpc) is 2.56. The van der Waals surface area contributed by atoms with Gasteiger partial charge in [-0.3, -0.25) is 0 Å². The quantitative estimate of drug-likeness (QED) is 0.760. The van der Waals surface area contributed by atoms with Crippen LogP contribution in [0, 0.1) is 12.3 Å². The topological polar surface area (TPSA) is 6.48 Å². The molecule has 0 N–H and O–H groups in total. The predicted octanol–water partition coefficient (Wildman–Crippen LogP) is 3.08. The molecule has 1 aromatic carbocycles. The average molecular weight is 267 g/mol. The van der Waals surface area contributed by atoms with Crippen molar-refractivity contribution in [2.24, 2.45) is 0 Å². The van der Waals surface area contributed by atoms with Gasteiger partial charge in [-0.2, -0.15) is 0 Å². The largest absolute Gasteiger partial charge is 0.371 e. The van der Waals surface area contributed by atoms with Crippen molar-refractivity contribution in [1.82, 2.24) is 4.90 Å². The van der Waals surface area contributed by atoms with E-state index in [1.165, 1.54) is 50.9 Å². The lowest BCUT2D eigenvalue weighted by atomic mass is 9.99. The van der Waals surface area contributed by atoms with Gasteiger partial charge in [0, 0.05) is 30.4 Å². The fourth-order valence-corrected chi connectivity index (χ4v) is 3.53. The van der Waals surface area contributed by atoms with Crippen LogP contribution in [0.1, 0.15) is 37.7 Å². The number of piperidine rings is 2. The van der Waals surface area contributed by atoms with E-state index < -0.39 is 0 Å². The third-order valence-corrected chi connectivity index (χ3v) is 4.75. The Morgan fingerprint density at radius 2 is 1.55 bits per heavy atom. The number of anilines is 1. The molecule has 2 saturated heterocycles. The summed E-state index contributed by atoms with van der Waals surface area (Å²) in [6, 6.07) is 9.02. The van der Waals surface area contributed by atoms with Gasteiger partial charge >= 0.3 is 0 Å². The third-order valence-electron chi connectivity index (χ3n) is 4.75. The van der Waals surface area contributed by atoms with E-state index in [-0.39, 0.29) is 0 Å². The lowest BCUT2D eigenvalue weighted by Gasteiger charge is -2.41. The minimum Gasteiger partial charge on any atom is -0.371 e. The molecule has 0 unspecified atom stereocenters. The van der Waals surface area contributed by atoms with Crippen LogP contribution in [0.15, 0.2) is 24.3 Å². The summed E-state index contributed by atoms with van der Waals surface area (Å²) in [5, 5.41) is 0. The minimum absolute atomic E-state index is 0.806. The highest BCUT2D eigenvalue weighted by Gasteiger charge is 2.25. The zero-order valence-corrected chi connectivity index (χ0v) is 12.1. The van der Waals surface area contributed by atoms with Crippen molar-refractivity contribution in [1.29, 1.82) is 0 Å². The second-order valence-electron chi connectivity index (χ2n) is 5.99. The number of likely N-dealkylation sites (tertiary alicyclic amines) is 1. The summed E-state index contributed by atoms with van der Waals surface area (Å²) in [5.41, 5.74) is 2.15. The normalized spacial score (nSPS) is 21.6. The third kappa shape index (κ3) is 2.99. The van der Waals surface area contributed by atoms with Gasteiger partial charge in [0.15, 0.2) is 0 Å². The zero-order valence-electron chi connectivity index (χ0n) is 12.1. The number of hydrogen-bond acceptors (Lipinski definition) is 2. The molecule has 0 aromatic heterocycles. The Bertz CT molecular complexity index is 457. The number of rotatable bonds is 2.